The van der Waals surface area contributed by atoms with E-state index in [1.54, 1.807) is 22.8 Å². The van der Waals surface area contributed by atoms with Crippen LogP contribution in [-0.2, 0) is 31.2 Å². The molecule has 3 atom stereocenters. The molecule has 4 aromatic rings. The van der Waals surface area contributed by atoms with Gasteiger partial charge in [0.25, 0.3) is 0 Å². The third kappa shape index (κ3) is 7.74. The average Bonchev–Trinajstić information content (AvgIpc) is 3.35. The third-order valence-electron chi connectivity index (χ3n) is 6.60. The van der Waals surface area contributed by atoms with Gasteiger partial charge >= 0.3 is 0 Å². The van der Waals surface area contributed by atoms with Crippen molar-refractivity contribution in [2.24, 2.45) is 12.8 Å². The first-order valence-electron chi connectivity index (χ1n) is 13.0. The molecule has 7 nitrogen and oxygen atoms in total. The van der Waals surface area contributed by atoms with Gasteiger partial charge in [-0.1, -0.05) is 73.3 Å². The van der Waals surface area contributed by atoms with E-state index in [9.17, 15) is 18.7 Å². The smallest absolute Gasteiger partial charge is 0.241 e. The zero-order chi connectivity index (χ0) is 28.6. The standard InChI is InChI=1S/C30H33F2N5O2S/c1-3-20-8-7-9-21(12-20)17-37(18-27(38)26(33)15-22-13-24(31)16-25(32)14-22)29(39)28(23-10-5-4-6-11-23)40-30-35-34-19-36(30)2/h4-14,16,19,26-28,38H,3,15,17-18,33H2,1-2H3/t26-,27+,28?/m0/s1. The van der Waals surface area contributed by atoms with E-state index in [0.29, 0.717) is 10.7 Å². The number of carbonyl (C=O) groups excluding carboxylic acids is 1. The van der Waals surface area contributed by atoms with Crippen LogP contribution in [0, 0.1) is 11.6 Å². The number of nitrogens with zero attached hydrogens (tertiary/aromatic N) is 4. The van der Waals surface area contributed by atoms with Crippen LogP contribution in [-0.4, -0.2) is 49.4 Å². The number of aliphatic hydroxyl groups is 1. The summed E-state index contributed by atoms with van der Waals surface area (Å²) in [4.78, 5) is 15.8. The van der Waals surface area contributed by atoms with E-state index in [1.165, 1.54) is 23.9 Å². The average molecular weight is 566 g/mol. The molecule has 0 spiro atoms. The van der Waals surface area contributed by atoms with Crippen molar-refractivity contribution in [1.29, 1.82) is 0 Å². The summed E-state index contributed by atoms with van der Waals surface area (Å²) < 4.78 is 29.2. The van der Waals surface area contributed by atoms with Crippen molar-refractivity contribution in [3.8, 4) is 0 Å². The van der Waals surface area contributed by atoms with E-state index in [2.05, 4.69) is 17.1 Å². The fourth-order valence-electron chi connectivity index (χ4n) is 4.44. The Bertz CT molecular complexity index is 1400. The zero-order valence-corrected chi connectivity index (χ0v) is 23.3. The highest BCUT2D eigenvalue weighted by Crippen LogP contribution is 2.36. The summed E-state index contributed by atoms with van der Waals surface area (Å²) in [7, 11) is 1.81. The van der Waals surface area contributed by atoms with Gasteiger partial charge in [0.15, 0.2) is 5.16 Å². The van der Waals surface area contributed by atoms with Gasteiger partial charge in [-0.15, -0.1) is 10.2 Å². The quantitative estimate of drug-likeness (QED) is 0.247. The minimum atomic E-state index is -1.15. The molecule has 1 aromatic heterocycles. The van der Waals surface area contributed by atoms with E-state index in [0.717, 1.165) is 29.2 Å². The molecule has 1 unspecified atom stereocenters. The molecule has 10 heteroatoms. The summed E-state index contributed by atoms with van der Waals surface area (Å²) in [5.74, 6) is -1.66. The second kappa shape index (κ2) is 13.6. The molecule has 0 saturated heterocycles. The molecular weight excluding hydrogens is 532 g/mol. The van der Waals surface area contributed by atoms with Gasteiger partial charge in [0.05, 0.1) is 6.10 Å². The van der Waals surface area contributed by atoms with E-state index in [1.807, 2.05) is 54.6 Å². The Morgan fingerprint density at radius 2 is 1.73 bits per heavy atom. The zero-order valence-electron chi connectivity index (χ0n) is 22.5. The van der Waals surface area contributed by atoms with Gasteiger partial charge in [-0.25, -0.2) is 8.78 Å². The topological polar surface area (TPSA) is 97.3 Å². The molecule has 40 heavy (non-hydrogen) atoms. The molecule has 0 radical (unpaired) electrons. The van der Waals surface area contributed by atoms with Gasteiger partial charge < -0.3 is 20.3 Å². The van der Waals surface area contributed by atoms with Gasteiger partial charge in [0, 0.05) is 32.2 Å². The van der Waals surface area contributed by atoms with E-state index in [-0.39, 0.29) is 25.4 Å². The Morgan fingerprint density at radius 1 is 1.02 bits per heavy atom. The van der Waals surface area contributed by atoms with E-state index in [4.69, 9.17) is 5.73 Å². The van der Waals surface area contributed by atoms with Crippen molar-refractivity contribution in [2.45, 2.75) is 48.9 Å². The van der Waals surface area contributed by atoms with Crippen LogP contribution in [0.5, 0.6) is 0 Å². The Hall–Kier alpha value is -3.60. The van der Waals surface area contributed by atoms with E-state index >= 15 is 0 Å². The Kier molecular flexibility index (Phi) is 10.0. The van der Waals surface area contributed by atoms with Crippen molar-refractivity contribution in [3.63, 3.8) is 0 Å². The van der Waals surface area contributed by atoms with Crippen LogP contribution in [0.1, 0.15) is 34.4 Å². The molecule has 3 aromatic carbocycles. The lowest BCUT2D eigenvalue weighted by Gasteiger charge is -2.31. The number of rotatable bonds is 12. The highest BCUT2D eigenvalue weighted by Gasteiger charge is 2.31. The molecule has 1 amide bonds. The van der Waals surface area contributed by atoms with Crippen molar-refractivity contribution < 1.29 is 18.7 Å². The number of aliphatic hydroxyl groups excluding tert-OH is 1. The van der Waals surface area contributed by atoms with Crippen molar-refractivity contribution in [1.82, 2.24) is 19.7 Å². The lowest BCUT2D eigenvalue weighted by atomic mass is 10.0. The van der Waals surface area contributed by atoms with Gasteiger partial charge in [-0.05, 0) is 47.2 Å². The van der Waals surface area contributed by atoms with Crippen LogP contribution in [0.15, 0.2) is 84.3 Å². The second-order valence-corrected chi connectivity index (χ2v) is 10.8. The molecule has 0 aliphatic rings. The number of halogens is 2. The van der Waals surface area contributed by atoms with Crippen LogP contribution >= 0.6 is 11.8 Å². The summed E-state index contributed by atoms with van der Waals surface area (Å²) in [6.45, 7) is 2.23. The van der Waals surface area contributed by atoms with Gasteiger partial charge in [-0.3, -0.25) is 4.79 Å². The Morgan fingerprint density at radius 3 is 2.38 bits per heavy atom. The molecule has 0 saturated carbocycles. The fourth-order valence-corrected chi connectivity index (χ4v) is 5.50. The van der Waals surface area contributed by atoms with Crippen LogP contribution in [0.25, 0.3) is 0 Å². The Labute approximate surface area is 237 Å². The molecule has 1 heterocycles. The highest BCUT2D eigenvalue weighted by molar-refractivity contribution is 8.00. The van der Waals surface area contributed by atoms with Crippen LogP contribution in [0.3, 0.4) is 0 Å². The van der Waals surface area contributed by atoms with E-state index < -0.39 is 29.0 Å². The number of hydrogen-bond acceptors (Lipinski definition) is 6. The van der Waals surface area contributed by atoms with Gasteiger partial charge in [-0.2, -0.15) is 0 Å². The summed E-state index contributed by atoms with van der Waals surface area (Å²) in [5, 5.41) is 19.1. The third-order valence-corrected chi connectivity index (χ3v) is 7.89. The normalized spacial score (nSPS) is 13.6. The monoisotopic (exact) mass is 565 g/mol. The highest BCUT2D eigenvalue weighted by atomic mass is 32.2. The molecule has 0 aliphatic heterocycles. The lowest BCUT2D eigenvalue weighted by Crippen LogP contribution is -2.47. The summed E-state index contributed by atoms with van der Waals surface area (Å²) >= 11 is 1.27. The van der Waals surface area contributed by atoms with Gasteiger partial charge in [0.1, 0.15) is 23.2 Å². The summed E-state index contributed by atoms with van der Waals surface area (Å²) in [6, 6.07) is 19.6. The molecule has 0 fully saturated rings. The van der Waals surface area contributed by atoms with Crippen LogP contribution in [0.4, 0.5) is 8.78 Å². The molecular formula is C30H33F2N5O2S. The van der Waals surface area contributed by atoms with Crippen molar-refractivity contribution in [2.75, 3.05) is 6.54 Å². The van der Waals surface area contributed by atoms with Crippen molar-refractivity contribution in [3.05, 3.63) is 113 Å². The molecule has 3 N–H and O–H groups in total. The first kappa shape index (κ1) is 29.4. The molecule has 210 valence electrons. The minimum Gasteiger partial charge on any atom is -0.390 e. The molecule has 4 rings (SSSR count). The minimum absolute atomic E-state index is 0.0407. The largest absolute Gasteiger partial charge is 0.390 e. The predicted molar refractivity (Wildman–Crippen MR) is 151 cm³/mol. The van der Waals surface area contributed by atoms with Gasteiger partial charge in [0.2, 0.25) is 5.91 Å². The van der Waals surface area contributed by atoms with Crippen LogP contribution in [0.2, 0.25) is 0 Å². The number of nitrogens with two attached hydrogens (primary N) is 1. The SMILES string of the molecule is CCc1cccc(CN(C[C@@H](O)[C@@H](N)Cc2cc(F)cc(F)c2)C(=O)C(Sc2nncn2C)c2ccccc2)c1. The predicted octanol–water partition coefficient (Wildman–Crippen LogP) is 4.45. The summed E-state index contributed by atoms with van der Waals surface area (Å²) in [5.41, 5.74) is 9.45. The number of aromatic nitrogens is 3. The first-order valence-corrected chi connectivity index (χ1v) is 13.9. The van der Waals surface area contributed by atoms with Crippen molar-refractivity contribution >= 4 is 17.7 Å². The molecule has 0 bridgehead atoms. The fraction of sp³-hybridized carbons (Fsp3) is 0.300. The maximum absolute atomic E-state index is 14.2. The maximum atomic E-state index is 14.2. The van der Waals surface area contributed by atoms with Crippen LogP contribution < -0.4 is 5.73 Å². The number of carbonyl (C=O) groups is 1. The Balaban J connectivity index is 1.62. The number of benzene rings is 3. The number of amides is 1. The number of thioether (sulfide) groups is 1. The first-order chi connectivity index (χ1) is 19.2. The number of aryl methyl sites for hydroxylation is 2. The lowest BCUT2D eigenvalue weighted by molar-refractivity contribution is -0.133. The summed E-state index contributed by atoms with van der Waals surface area (Å²) in [6.07, 6.45) is 1.30. The number of hydrogen-bond donors (Lipinski definition) is 2. The molecule has 0 aliphatic carbocycles. The maximum Gasteiger partial charge on any atom is 0.241 e. The second-order valence-electron chi connectivity index (χ2n) is 9.74.